The molecule has 4 aromatic rings. The summed E-state index contributed by atoms with van der Waals surface area (Å²) in [5.74, 6) is 0. The fourth-order valence-electron chi connectivity index (χ4n) is 2.10. The minimum absolute atomic E-state index is 0.761. The van der Waals surface area contributed by atoms with Crippen LogP contribution in [0.25, 0.3) is 33.1 Å². The molecule has 0 atom stereocenters. The number of nitrogens with zero attached hydrogens (tertiary/aromatic N) is 2. The van der Waals surface area contributed by atoms with E-state index in [0.717, 1.165) is 33.1 Å². The fraction of sp³-hybridized carbons (Fsp3) is 0. The Hall–Kier alpha value is -2.36. The Bertz CT molecular complexity index is 747. The van der Waals surface area contributed by atoms with Crippen molar-refractivity contribution in [1.29, 1.82) is 0 Å². The van der Waals surface area contributed by atoms with Crippen LogP contribution in [0.2, 0.25) is 0 Å². The number of pyridine rings is 2. The van der Waals surface area contributed by atoms with Crippen molar-refractivity contribution in [1.82, 2.24) is 15.0 Å². The predicted octanol–water partition coefficient (Wildman–Crippen LogP) is 2.86. The van der Waals surface area contributed by atoms with E-state index in [9.17, 15) is 0 Å². The van der Waals surface area contributed by atoms with Crippen LogP contribution < -0.4 is 0 Å². The Balaban J connectivity index is 2.38. The van der Waals surface area contributed by atoms with Gasteiger partial charge in [-0.3, -0.25) is 9.97 Å². The third-order valence-corrected chi connectivity index (χ3v) is 2.79. The van der Waals surface area contributed by atoms with Crippen LogP contribution in [0, 0.1) is 0 Å². The van der Waals surface area contributed by atoms with Gasteiger partial charge in [-0.15, -0.1) is 0 Å². The molecular weight excluding hydrogens is 202 g/mol. The summed E-state index contributed by atoms with van der Waals surface area (Å²) in [4.78, 5) is 11.6. The summed E-state index contributed by atoms with van der Waals surface area (Å²) in [6.07, 6.45) is 5.34. The molecule has 1 N–H and O–H groups in total. The van der Waals surface area contributed by atoms with Crippen molar-refractivity contribution in [3.63, 3.8) is 0 Å². The lowest BCUT2D eigenvalue weighted by atomic mass is 10.2. The maximum absolute atomic E-state index is 5.69. The Morgan fingerprint density at radius 1 is 1.19 bits per heavy atom. The van der Waals surface area contributed by atoms with Gasteiger partial charge in [-0.25, -0.2) is 0 Å². The van der Waals surface area contributed by atoms with E-state index in [1.54, 1.807) is 18.6 Å². The van der Waals surface area contributed by atoms with Gasteiger partial charge in [0.1, 0.15) is 5.52 Å². The number of nitrogens with one attached hydrogen (secondary N) is 1. The molecule has 4 nitrogen and oxygen atoms in total. The molecule has 0 fully saturated rings. The Kier molecular flexibility index (Phi) is 1.28. The summed E-state index contributed by atoms with van der Waals surface area (Å²) >= 11 is 0. The summed E-state index contributed by atoms with van der Waals surface area (Å²) in [5, 5.41) is 2.13. The second kappa shape index (κ2) is 2.61. The van der Waals surface area contributed by atoms with Gasteiger partial charge in [-0.1, -0.05) is 0 Å². The maximum atomic E-state index is 5.69. The quantitative estimate of drug-likeness (QED) is 0.484. The van der Waals surface area contributed by atoms with E-state index in [-0.39, 0.29) is 0 Å². The molecule has 0 aliphatic carbocycles. The summed E-state index contributed by atoms with van der Waals surface area (Å²) in [6, 6.07) is 5.76. The summed E-state index contributed by atoms with van der Waals surface area (Å²) in [6.45, 7) is 0. The molecule has 4 rings (SSSR count). The van der Waals surface area contributed by atoms with Gasteiger partial charge < -0.3 is 9.40 Å². The SMILES string of the molecule is c1cnc2c(c1)oc1[nH]c3cnccc3c12. The van der Waals surface area contributed by atoms with Crippen molar-refractivity contribution < 1.29 is 4.42 Å². The second-order valence-electron chi connectivity index (χ2n) is 3.70. The molecule has 76 valence electrons. The number of H-pyrrole nitrogens is 1. The fourth-order valence-corrected chi connectivity index (χ4v) is 2.10. The monoisotopic (exact) mass is 209 g/mol. The van der Waals surface area contributed by atoms with E-state index in [4.69, 9.17) is 4.42 Å². The Morgan fingerprint density at radius 2 is 2.19 bits per heavy atom. The average Bonchev–Trinajstić information content (AvgIpc) is 2.83. The van der Waals surface area contributed by atoms with Crippen molar-refractivity contribution in [3.8, 4) is 0 Å². The molecule has 0 radical (unpaired) electrons. The normalized spacial score (nSPS) is 11.8. The highest BCUT2D eigenvalue weighted by molar-refractivity contribution is 6.16. The lowest BCUT2D eigenvalue weighted by Gasteiger charge is -1.88. The maximum Gasteiger partial charge on any atom is 0.208 e. The molecule has 0 unspecified atom stereocenters. The number of rotatable bonds is 0. The smallest absolute Gasteiger partial charge is 0.208 e. The molecule has 0 aromatic carbocycles. The highest BCUT2D eigenvalue weighted by atomic mass is 16.3. The summed E-state index contributed by atoms with van der Waals surface area (Å²) in [7, 11) is 0. The first-order valence-electron chi connectivity index (χ1n) is 5.02. The summed E-state index contributed by atoms with van der Waals surface area (Å²) < 4.78 is 5.69. The van der Waals surface area contributed by atoms with Crippen molar-refractivity contribution in [2.75, 3.05) is 0 Å². The first-order chi connectivity index (χ1) is 7.93. The van der Waals surface area contributed by atoms with Crippen LogP contribution in [-0.4, -0.2) is 15.0 Å². The molecule has 0 aliphatic heterocycles. The zero-order valence-electron chi connectivity index (χ0n) is 8.27. The van der Waals surface area contributed by atoms with E-state index in [1.807, 2.05) is 18.2 Å². The van der Waals surface area contributed by atoms with Crippen LogP contribution in [0.3, 0.4) is 0 Å². The topological polar surface area (TPSA) is 54.7 Å². The van der Waals surface area contributed by atoms with Crippen molar-refractivity contribution in [2.24, 2.45) is 0 Å². The van der Waals surface area contributed by atoms with E-state index < -0.39 is 0 Å². The first kappa shape index (κ1) is 7.87. The van der Waals surface area contributed by atoms with Gasteiger partial charge in [0.25, 0.3) is 0 Å². The number of aromatic nitrogens is 3. The summed E-state index contributed by atoms with van der Waals surface area (Å²) in [5.41, 5.74) is 3.44. The highest BCUT2D eigenvalue weighted by Crippen LogP contribution is 2.32. The minimum Gasteiger partial charge on any atom is -0.438 e. The second-order valence-corrected chi connectivity index (χ2v) is 3.70. The van der Waals surface area contributed by atoms with Gasteiger partial charge in [-0.2, -0.15) is 0 Å². The average molecular weight is 209 g/mol. The zero-order chi connectivity index (χ0) is 10.5. The Morgan fingerprint density at radius 3 is 3.19 bits per heavy atom. The Labute approximate surface area is 89.9 Å². The molecule has 4 aromatic heterocycles. The van der Waals surface area contributed by atoms with Crippen molar-refractivity contribution in [2.45, 2.75) is 0 Å². The molecule has 16 heavy (non-hydrogen) atoms. The van der Waals surface area contributed by atoms with Gasteiger partial charge in [-0.05, 0) is 18.2 Å². The van der Waals surface area contributed by atoms with Crippen LogP contribution in [0.5, 0.6) is 0 Å². The molecule has 4 heteroatoms. The van der Waals surface area contributed by atoms with Crippen molar-refractivity contribution >= 4 is 33.1 Å². The molecule has 0 saturated heterocycles. The molecular formula is C12H7N3O. The third-order valence-electron chi connectivity index (χ3n) is 2.79. The lowest BCUT2D eigenvalue weighted by molar-refractivity contribution is 0.656. The van der Waals surface area contributed by atoms with Gasteiger partial charge in [0.2, 0.25) is 5.71 Å². The molecule has 0 saturated carbocycles. The minimum atomic E-state index is 0.761. The van der Waals surface area contributed by atoms with Crippen LogP contribution in [0.4, 0.5) is 0 Å². The molecule has 0 aliphatic rings. The number of fused-ring (bicyclic) bond motifs is 5. The molecule has 0 amide bonds. The van der Waals surface area contributed by atoms with Gasteiger partial charge in [0.05, 0.1) is 17.1 Å². The standard InChI is InChI=1S/C12H7N3O/c1-2-9-11(14-4-1)10-7-3-5-13-6-8(7)15-12(10)16-9/h1-6,15H. The van der Waals surface area contributed by atoms with Crippen LogP contribution >= 0.6 is 0 Å². The van der Waals surface area contributed by atoms with Crippen LogP contribution in [0.1, 0.15) is 0 Å². The number of furan rings is 1. The van der Waals surface area contributed by atoms with Gasteiger partial charge in [0.15, 0.2) is 5.58 Å². The van der Waals surface area contributed by atoms with Gasteiger partial charge in [0, 0.05) is 17.8 Å². The largest absolute Gasteiger partial charge is 0.438 e. The first-order valence-corrected chi connectivity index (χ1v) is 5.02. The predicted molar refractivity (Wildman–Crippen MR) is 61.2 cm³/mol. The lowest BCUT2D eigenvalue weighted by Crippen LogP contribution is -1.73. The zero-order valence-corrected chi connectivity index (χ0v) is 8.27. The van der Waals surface area contributed by atoms with Crippen molar-refractivity contribution in [3.05, 3.63) is 36.8 Å². The molecule has 0 bridgehead atoms. The van der Waals surface area contributed by atoms with Gasteiger partial charge >= 0.3 is 0 Å². The number of hydrogen-bond donors (Lipinski definition) is 1. The molecule has 0 spiro atoms. The van der Waals surface area contributed by atoms with Crippen LogP contribution in [-0.2, 0) is 0 Å². The van der Waals surface area contributed by atoms with E-state index in [2.05, 4.69) is 15.0 Å². The molecule has 4 heterocycles. The third kappa shape index (κ3) is 0.839. The number of aromatic amines is 1. The number of hydrogen-bond acceptors (Lipinski definition) is 3. The van der Waals surface area contributed by atoms with E-state index in [1.165, 1.54) is 0 Å². The van der Waals surface area contributed by atoms with E-state index in [0.29, 0.717) is 0 Å². The van der Waals surface area contributed by atoms with E-state index >= 15 is 0 Å². The van der Waals surface area contributed by atoms with Crippen LogP contribution in [0.15, 0.2) is 41.2 Å². The highest BCUT2D eigenvalue weighted by Gasteiger charge is 2.13.